The lowest BCUT2D eigenvalue weighted by atomic mass is 10.1. The van der Waals surface area contributed by atoms with Crippen molar-refractivity contribution in [3.8, 4) is 17.6 Å². The molecule has 0 atom stereocenters. The summed E-state index contributed by atoms with van der Waals surface area (Å²) in [6.45, 7) is 3.96. The van der Waals surface area contributed by atoms with E-state index in [1.807, 2.05) is 18.2 Å². The number of benzene rings is 1. The van der Waals surface area contributed by atoms with E-state index in [-0.39, 0.29) is 0 Å². The van der Waals surface area contributed by atoms with E-state index in [1.165, 1.54) is 12.8 Å². The summed E-state index contributed by atoms with van der Waals surface area (Å²) in [4.78, 5) is 0. The third kappa shape index (κ3) is 5.78. The van der Waals surface area contributed by atoms with E-state index < -0.39 is 0 Å². The van der Waals surface area contributed by atoms with Crippen LogP contribution in [0.1, 0.15) is 37.3 Å². The average Bonchev–Trinajstić information content (AvgIpc) is 2.45. The van der Waals surface area contributed by atoms with Crippen LogP contribution in [0.4, 0.5) is 0 Å². The van der Waals surface area contributed by atoms with Gasteiger partial charge >= 0.3 is 0 Å². The number of nitrogens with two attached hydrogens (primary N) is 1. The Morgan fingerprint density at radius 2 is 2.11 bits per heavy atom. The van der Waals surface area contributed by atoms with Gasteiger partial charge in [0.15, 0.2) is 0 Å². The fourth-order valence-corrected chi connectivity index (χ4v) is 1.73. The Morgan fingerprint density at radius 1 is 1.26 bits per heavy atom. The SMILES string of the molecule is CCCCCOCc1ccc(OC)c(C#CCN)c1. The molecule has 0 fully saturated rings. The minimum atomic E-state index is 0.348. The zero-order valence-electron chi connectivity index (χ0n) is 11.9. The van der Waals surface area contributed by atoms with E-state index in [1.54, 1.807) is 7.11 Å². The Labute approximate surface area is 116 Å². The van der Waals surface area contributed by atoms with Crippen LogP contribution in [-0.2, 0) is 11.3 Å². The maximum atomic E-state index is 5.64. The number of ether oxygens (including phenoxy) is 2. The van der Waals surface area contributed by atoms with Crippen LogP contribution in [0.25, 0.3) is 0 Å². The first-order valence-corrected chi connectivity index (χ1v) is 6.75. The lowest BCUT2D eigenvalue weighted by molar-refractivity contribution is 0.117. The zero-order chi connectivity index (χ0) is 13.9. The van der Waals surface area contributed by atoms with Crippen molar-refractivity contribution in [2.75, 3.05) is 20.3 Å². The minimum absolute atomic E-state index is 0.348. The van der Waals surface area contributed by atoms with Gasteiger partial charge in [-0.25, -0.2) is 0 Å². The van der Waals surface area contributed by atoms with Gasteiger partial charge in [0.05, 0.1) is 25.8 Å². The lowest BCUT2D eigenvalue weighted by Crippen LogP contribution is -1.98. The van der Waals surface area contributed by atoms with Gasteiger partial charge in [-0.1, -0.05) is 37.7 Å². The van der Waals surface area contributed by atoms with Crippen molar-refractivity contribution in [2.45, 2.75) is 32.8 Å². The highest BCUT2D eigenvalue weighted by molar-refractivity contribution is 5.48. The lowest BCUT2D eigenvalue weighted by Gasteiger charge is -2.07. The van der Waals surface area contributed by atoms with Crippen LogP contribution in [0.15, 0.2) is 18.2 Å². The molecule has 0 aliphatic carbocycles. The van der Waals surface area contributed by atoms with Crippen LogP contribution in [-0.4, -0.2) is 20.3 Å². The molecule has 0 aromatic heterocycles. The summed E-state index contributed by atoms with van der Waals surface area (Å²) in [6, 6.07) is 5.93. The summed E-state index contributed by atoms with van der Waals surface area (Å²) in [5.74, 6) is 6.64. The summed E-state index contributed by atoms with van der Waals surface area (Å²) in [5, 5.41) is 0. The fraction of sp³-hybridized carbons (Fsp3) is 0.500. The first-order valence-electron chi connectivity index (χ1n) is 6.75. The molecule has 0 aliphatic rings. The van der Waals surface area contributed by atoms with Gasteiger partial charge in [-0.2, -0.15) is 0 Å². The van der Waals surface area contributed by atoms with Gasteiger partial charge in [-0.15, -0.1) is 0 Å². The van der Waals surface area contributed by atoms with Crippen LogP contribution in [0.5, 0.6) is 5.75 Å². The first-order chi connectivity index (χ1) is 9.31. The number of hydrogen-bond acceptors (Lipinski definition) is 3. The summed E-state index contributed by atoms with van der Waals surface area (Å²) in [6.07, 6.45) is 3.55. The average molecular weight is 261 g/mol. The molecule has 0 spiro atoms. The molecule has 1 aromatic rings. The van der Waals surface area contributed by atoms with E-state index in [9.17, 15) is 0 Å². The summed E-state index contributed by atoms with van der Waals surface area (Å²) in [7, 11) is 1.64. The molecular formula is C16H23NO2. The molecule has 3 heteroatoms. The van der Waals surface area contributed by atoms with E-state index in [2.05, 4.69) is 18.8 Å². The molecule has 0 saturated carbocycles. The molecule has 2 N–H and O–H groups in total. The molecule has 104 valence electrons. The summed E-state index contributed by atoms with van der Waals surface area (Å²) >= 11 is 0. The molecule has 0 aliphatic heterocycles. The molecule has 0 unspecified atom stereocenters. The van der Waals surface area contributed by atoms with E-state index >= 15 is 0 Å². The topological polar surface area (TPSA) is 44.5 Å². The highest BCUT2D eigenvalue weighted by Crippen LogP contribution is 2.19. The molecule has 0 amide bonds. The third-order valence-electron chi connectivity index (χ3n) is 2.75. The number of hydrogen-bond donors (Lipinski definition) is 1. The number of unbranched alkanes of at least 4 members (excludes halogenated alkanes) is 2. The van der Waals surface area contributed by atoms with Crippen molar-refractivity contribution in [3.63, 3.8) is 0 Å². The molecule has 0 saturated heterocycles. The normalized spacial score (nSPS) is 9.84. The van der Waals surface area contributed by atoms with Crippen molar-refractivity contribution in [1.29, 1.82) is 0 Å². The maximum absolute atomic E-state index is 5.64. The molecule has 1 aromatic carbocycles. The molecule has 3 nitrogen and oxygen atoms in total. The Kier molecular flexibility index (Phi) is 7.72. The quantitative estimate of drug-likeness (QED) is 0.606. The fourth-order valence-electron chi connectivity index (χ4n) is 1.73. The second-order valence-corrected chi connectivity index (χ2v) is 4.30. The van der Waals surface area contributed by atoms with Crippen molar-refractivity contribution in [3.05, 3.63) is 29.3 Å². The Bertz CT molecular complexity index is 432. The standard InChI is InChI=1S/C16H23NO2/c1-3-4-5-11-19-13-14-8-9-16(18-2)15(12-14)7-6-10-17/h8-9,12H,3-5,10-11,13,17H2,1-2H3. The highest BCUT2D eigenvalue weighted by atomic mass is 16.5. The largest absolute Gasteiger partial charge is 0.495 e. The molecule has 1 rings (SSSR count). The van der Waals surface area contributed by atoms with Crippen LogP contribution in [0.3, 0.4) is 0 Å². The second-order valence-electron chi connectivity index (χ2n) is 4.30. The van der Waals surface area contributed by atoms with Crippen molar-refractivity contribution >= 4 is 0 Å². The Morgan fingerprint density at radius 3 is 2.79 bits per heavy atom. The molecular weight excluding hydrogens is 238 g/mol. The zero-order valence-corrected chi connectivity index (χ0v) is 11.9. The van der Waals surface area contributed by atoms with Crippen LogP contribution < -0.4 is 10.5 Å². The molecule has 0 bridgehead atoms. The predicted octanol–water partition coefficient (Wildman–Crippen LogP) is 2.71. The predicted molar refractivity (Wildman–Crippen MR) is 78.1 cm³/mol. The van der Waals surface area contributed by atoms with Crippen molar-refractivity contribution in [2.24, 2.45) is 5.73 Å². The minimum Gasteiger partial charge on any atom is -0.495 e. The van der Waals surface area contributed by atoms with Gasteiger partial charge in [-0.3, -0.25) is 0 Å². The van der Waals surface area contributed by atoms with Crippen LogP contribution in [0.2, 0.25) is 0 Å². The first kappa shape index (κ1) is 15.6. The smallest absolute Gasteiger partial charge is 0.134 e. The highest BCUT2D eigenvalue weighted by Gasteiger charge is 2.02. The van der Waals surface area contributed by atoms with Crippen molar-refractivity contribution < 1.29 is 9.47 Å². The van der Waals surface area contributed by atoms with Crippen LogP contribution in [0, 0.1) is 11.8 Å². The Hall–Kier alpha value is -1.50. The van der Waals surface area contributed by atoms with E-state index in [0.29, 0.717) is 13.2 Å². The van der Waals surface area contributed by atoms with Gasteiger partial charge in [-0.05, 0) is 24.1 Å². The van der Waals surface area contributed by atoms with Gasteiger partial charge < -0.3 is 15.2 Å². The second kappa shape index (κ2) is 9.43. The van der Waals surface area contributed by atoms with Crippen molar-refractivity contribution in [1.82, 2.24) is 0 Å². The van der Waals surface area contributed by atoms with E-state index in [0.717, 1.165) is 29.9 Å². The number of rotatable bonds is 7. The molecule has 0 heterocycles. The van der Waals surface area contributed by atoms with Crippen LogP contribution >= 0.6 is 0 Å². The van der Waals surface area contributed by atoms with Gasteiger partial charge in [0, 0.05) is 6.61 Å². The van der Waals surface area contributed by atoms with Gasteiger partial charge in [0.25, 0.3) is 0 Å². The number of methoxy groups -OCH3 is 1. The summed E-state index contributed by atoms with van der Waals surface area (Å²) in [5.41, 5.74) is 7.37. The molecule has 19 heavy (non-hydrogen) atoms. The van der Waals surface area contributed by atoms with Gasteiger partial charge in [0.2, 0.25) is 0 Å². The van der Waals surface area contributed by atoms with E-state index in [4.69, 9.17) is 15.2 Å². The van der Waals surface area contributed by atoms with Gasteiger partial charge in [0.1, 0.15) is 5.75 Å². The molecule has 0 radical (unpaired) electrons. The summed E-state index contributed by atoms with van der Waals surface area (Å²) < 4.78 is 10.9. The maximum Gasteiger partial charge on any atom is 0.134 e. The third-order valence-corrected chi connectivity index (χ3v) is 2.75. The monoisotopic (exact) mass is 261 g/mol. The Balaban J connectivity index is 2.59.